The maximum atomic E-state index is 12.1. The molecule has 0 radical (unpaired) electrons. The zero-order valence-electron chi connectivity index (χ0n) is 14.2. The van der Waals surface area contributed by atoms with Gasteiger partial charge in [0, 0.05) is 6.42 Å². The van der Waals surface area contributed by atoms with Crippen molar-refractivity contribution in [2.75, 3.05) is 11.9 Å². The molecule has 0 unspecified atom stereocenters. The van der Waals surface area contributed by atoms with Gasteiger partial charge in [-0.25, -0.2) is 0 Å². The fourth-order valence-electron chi connectivity index (χ4n) is 2.31. The topological polar surface area (TPSA) is 64.1 Å². The van der Waals surface area contributed by atoms with E-state index in [-0.39, 0.29) is 12.5 Å². The lowest BCUT2D eigenvalue weighted by molar-refractivity contribution is -0.118. The molecule has 128 valence electrons. The number of anilines is 1. The van der Waals surface area contributed by atoms with Crippen LogP contribution >= 0.6 is 11.3 Å². The second kappa shape index (κ2) is 7.90. The summed E-state index contributed by atoms with van der Waals surface area (Å²) in [7, 11) is 0. The first-order chi connectivity index (χ1) is 12.1. The molecule has 3 rings (SSSR count). The molecule has 5 nitrogen and oxygen atoms in total. The molecule has 3 aromatic rings. The molecular weight excluding hydrogens is 334 g/mol. The second-order valence-electron chi connectivity index (χ2n) is 5.77. The lowest BCUT2D eigenvalue weighted by Gasteiger charge is -2.09. The molecule has 6 heteroatoms. The lowest BCUT2D eigenvalue weighted by atomic mass is 10.1. The molecule has 0 saturated carbocycles. The van der Waals surface area contributed by atoms with Crippen LogP contribution in [0, 0.1) is 13.8 Å². The number of hydrogen-bond donors (Lipinski definition) is 1. The molecular formula is C19H19N3O2S. The van der Waals surface area contributed by atoms with Crippen molar-refractivity contribution in [2.24, 2.45) is 0 Å². The minimum absolute atomic E-state index is 0.0576. The summed E-state index contributed by atoms with van der Waals surface area (Å²) in [6.07, 6.45) is 0.702. The van der Waals surface area contributed by atoms with Gasteiger partial charge in [0.1, 0.15) is 10.8 Å². The third-order valence-electron chi connectivity index (χ3n) is 3.61. The zero-order valence-corrected chi connectivity index (χ0v) is 15.0. The van der Waals surface area contributed by atoms with E-state index >= 15 is 0 Å². The quantitative estimate of drug-likeness (QED) is 0.733. The SMILES string of the molecule is Cc1ccc(C)c(OCC(=O)Nc2nnc(Cc3ccccc3)s2)c1. The van der Waals surface area contributed by atoms with E-state index in [0.29, 0.717) is 11.6 Å². The maximum Gasteiger partial charge on any atom is 0.264 e. The van der Waals surface area contributed by atoms with E-state index < -0.39 is 0 Å². The molecule has 0 aliphatic heterocycles. The van der Waals surface area contributed by atoms with Crippen molar-refractivity contribution in [3.05, 3.63) is 70.2 Å². The summed E-state index contributed by atoms with van der Waals surface area (Å²) >= 11 is 1.37. The number of aryl methyl sites for hydroxylation is 2. The van der Waals surface area contributed by atoms with Crippen LogP contribution in [0.2, 0.25) is 0 Å². The number of aromatic nitrogens is 2. The summed E-state index contributed by atoms with van der Waals surface area (Å²) < 4.78 is 5.60. The van der Waals surface area contributed by atoms with Gasteiger partial charge >= 0.3 is 0 Å². The predicted octanol–water partition coefficient (Wildman–Crippen LogP) is 3.76. The van der Waals surface area contributed by atoms with Crippen LogP contribution in [0.5, 0.6) is 5.75 Å². The number of nitrogens with one attached hydrogen (secondary N) is 1. The Morgan fingerprint density at radius 3 is 2.72 bits per heavy atom. The van der Waals surface area contributed by atoms with Crippen LogP contribution in [0.1, 0.15) is 21.7 Å². The monoisotopic (exact) mass is 353 g/mol. The van der Waals surface area contributed by atoms with Gasteiger partial charge in [0.25, 0.3) is 5.91 Å². The lowest BCUT2D eigenvalue weighted by Crippen LogP contribution is -2.20. The average Bonchev–Trinajstić information content (AvgIpc) is 3.03. The van der Waals surface area contributed by atoms with Crippen molar-refractivity contribution in [3.8, 4) is 5.75 Å². The largest absolute Gasteiger partial charge is 0.483 e. The van der Waals surface area contributed by atoms with Crippen LogP contribution < -0.4 is 10.1 Å². The Bertz CT molecular complexity index is 862. The summed E-state index contributed by atoms with van der Waals surface area (Å²) in [5.74, 6) is 0.473. The van der Waals surface area contributed by atoms with Gasteiger partial charge in [-0.15, -0.1) is 10.2 Å². The first kappa shape index (κ1) is 17.1. The Balaban J connectivity index is 1.54. The number of rotatable bonds is 6. The molecule has 2 aromatic carbocycles. The fourth-order valence-corrected chi connectivity index (χ4v) is 3.10. The average molecular weight is 353 g/mol. The molecule has 1 aromatic heterocycles. The van der Waals surface area contributed by atoms with Crippen LogP contribution in [0.15, 0.2) is 48.5 Å². The molecule has 0 bridgehead atoms. The fraction of sp³-hybridized carbons (Fsp3) is 0.211. The van der Waals surface area contributed by atoms with Gasteiger partial charge in [-0.3, -0.25) is 10.1 Å². The van der Waals surface area contributed by atoms with E-state index in [2.05, 4.69) is 15.5 Å². The Hall–Kier alpha value is -2.73. The van der Waals surface area contributed by atoms with Crippen LogP contribution in [-0.2, 0) is 11.2 Å². The number of carbonyl (C=O) groups is 1. The Morgan fingerprint density at radius 1 is 1.12 bits per heavy atom. The molecule has 25 heavy (non-hydrogen) atoms. The van der Waals surface area contributed by atoms with Crippen molar-refractivity contribution < 1.29 is 9.53 Å². The van der Waals surface area contributed by atoms with Gasteiger partial charge in [0.2, 0.25) is 5.13 Å². The summed E-state index contributed by atoms with van der Waals surface area (Å²) in [5, 5.41) is 12.2. The molecule has 1 N–H and O–H groups in total. The number of ether oxygens (including phenoxy) is 1. The second-order valence-corrected chi connectivity index (χ2v) is 6.83. The van der Waals surface area contributed by atoms with Crippen molar-refractivity contribution in [3.63, 3.8) is 0 Å². The van der Waals surface area contributed by atoms with Crippen LogP contribution in [0.3, 0.4) is 0 Å². The number of amides is 1. The maximum absolute atomic E-state index is 12.1. The van der Waals surface area contributed by atoms with E-state index in [1.54, 1.807) is 0 Å². The first-order valence-corrected chi connectivity index (χ1v) is 8.78. The number of nitrogens with zero attached hydrogens (tertiary/aromatic N) is 2. The van der Waals surface area contributed by atoms with Gasteiger partial charge in [-0.05, 0) is 36.6 Å². The number of carbonyl (C=O) groups excluding carboxylic acids is 1. The molecule has 0 aliphatic carbocycles. The van der Waals surface area contributed by atoms with Gasteiger partial charge in [0.05, 0.1) is 0 Å². The number of benzene rings is 2. The molecule has 0 aliphatic rings. The standard InChI is InChI=1S/C19H19N3O2S/c1-13-8-9-14(2)16(10-13)24-12-17(23)20-19-22-21-18(25-19)11-15-6-4-3-5-7-15/h3-10H,11-12H2,1-2H3,(H,20,22,23). The normalized spacial score (nSPS) is 10.5. The van der Waals surface area contributed by atoms with Gasteiger partial charge in [-0.2, -0.15) is 0 Å². The number of hydrogen-bond acceptors (Lipinski definition) is 5. The minimum atomic E-state index is -0.247. The highest BCUT2D eigenvalue weighted by Gasteiger charge is 2.10. The van der Waals surface area contributed by atoms with Crippen LogP contribution in [0.4, 0.5) is 5.13 Å². The Morgan fingerprint density at radius 2 is 1.92 bits per heavy atom. The molecule has 0 saturated heterocycles. The summed E-state index contributed by atoms with van der Waals surface area (Å²) in [6.45, 7) is 3.88. The van der Waals surface area contributed by atoms with Crippen molar-refractivity contribution >= 4 is 22.4 Å². The molecule has 1 heterocycles. The van der Waals surface area contributed by atoms with Gasteiger partial charge < -0.3 is 4.74 Å². The van der Waals surface area contributed by atoms with E-state index in [1.165, 1.54) is 11.3 Å². The van der Waals surface area contributed by atoms with Crippen LogP contribution in [-0.4, -0.2) is 22.7 Å². The smallest absolute Gasteiger partial charge is 0.264 e. The van der Waals surface area contributed by atoms with E-state index in [1.807, 2.05) is 62.4 Å². The van der Waals surface area contributed by atoms with Crippen molar-refractivity contribution in [1.82, 2.24) is 10.2 Å². The highest BCUT2D eigenvalue weighted by molar-refractivity contribution is 7.15. The third kappa shape index (κ3) is 4.87. The van der Waals surface area contributed by atoms with Crippen molar-refractivity contribution in [2.45, 2.75) is 20.3 Å². The zero-order chi connectivity index (χ0) is 17.6. The summed E-state index contributed by atoms with van der Waals surface area (Å²) in [5.41, 5.74) is 3.25. The van der Waals surface area contributed by atoms with Crippen molar-refractivity contribution in [1.29, 1.82) is 0 Å². The third-order valence-corrected chi connectivity index (χ3v) is 4.45. The summed E-state index contributed by atoms with van der Waals surface area (Å²) in [6, 6.07) is 15.9. The van der Waals surface area contributed by atoms with E-state index in [9.17, 15) is 4.79 Å². The highest BCUT2D eigenvalue weighted by atomic mass is 32.1. The molecule has 1 amide bonds. The van der Waals surface area contributed by atoms with Gasteiger partial charge in [0.15, 0.2) is 6.61 Å². The van der Waals surface area contributed by atoms with Gasteiger partial charge in [-0.1, -0.05) is 53.8 Å². The Labute approximate surface area is 150 Å². The predicted molar refractivity (Wildman–Crippen MR) is 99.2 cm³/mol. The summed E-state index contributed by atoms with van der Waals surface area (Å²) in [4.78, 5) is 12.1. The van der Waals surface area contributed by atoms with E-state index in [4.69, 9.17) is 4.74 Å². The molecule has 0 atom stereocenters. The first-order valence-electron chi connectivity index (χ1n) is 7.96. The highest BCUT2D eigenvalue weighted by Crippen LogP contribution is 2.20. The molecule has 0 spiro atoms. The minimum Gasteiger partial charge on any atom is -0.483 e. The van der Waals surface area contributed by atoms with E-state index in [0.717, 1.165) is 27.4 Å². The Kier molecular flexibility index (Phi) is 5.40. The molecule has 0 fully saturated rings. The van der Waals surface area contributed by atoms with Crippen LogP contribution in [0.25, 0.3) is 0 Å².